The zero-order chi connectivity index (χ0) is 23.1. The maximum atomic E-state index is 13.6. The molecule has 33 heavy (non-hydrogen) atoms. The highest BCUT2D eigenvalue weighted by Gasteiger charge is 2.60. The topological polar surface area (TPSA) is 62.3 Å². The van der Waals surface area contributed by atoms with Crippen molar-refractivity contribution in [2.24, 2.45) is 5.92 Å². The van der Waals surface area contributed by atoms with E-state index >= 15 is 0 Å². The molecule has 0 unspecified atom stereocenters. The van der Waals surface area contributed by atoms with Crippen LogP contribution in [-0.4, -0.2) is 39.1 Å². The van der Waals surface area contributed by atoms with Crippen LogP contribution in [0.25, 0.3) is 0 Å². The van der Waals surface area contributed by atoms with E-state index in [1.54, 1.807) is 36.4 Å². The lowest BCUT2D eigenvalue weighted by Crippen LogP contribution is -2.37. The Hall–Kier alpha value is -3.84. The number of methoxy groups -OCH3 is 1. The minimum atomic E-state index is -0.890. The molecule has 2 aliphatic heterocycles. The molecule has 5 rings (SSSR count). The van der Waals surface area contributed by atoms with Crippen molar-refractivity contribution < 1.29 is 19.2 Å². The van der Waals surface area contributed by atoms with Gasteiger partial charge in [0.05, 0.1) is 24.5 Å². The van der Waals surface area contributed by atoms with E-state index < -0.39 is 18.1 Å². The summed E-state index contributed by atoms with van der Waals surface area (Å²) in [5, 5.41) is 1.71. The maximum absolute atomic E-state index is 13.6. The van der Waals surface area contributed by atoms with Crippen molar-refractivity contribution >= 4 is 28.9 Å². The molecule has 3 atom stereocenters. The fourth-order valence-electron chi connectivity index (χ4n) is 4.51. The second kappa shape index (κ2) is 8.26. The molecule has 0 N–H and O–H groups in total. The molecule has 0 saturated carbocycles. The first-order valence-corrected chi connectivity index (χ1v) is 10.8. The molecule has 2 aliphatic rings. The van der Waals surface area contributed by atoms with E-state index in [4.69, 9.17) is 9.57 Å². The highest BCUT2D eigenvalue weighted by Crippen LogP contribution is 2.47. The molecule has 0 aromatic heterocycles. The number of anilines is 3. The Bertz CT molecular complexity index is 1160. The van der Waals surface area contributed by atoms with Crippen LogP contribution in [0.3, 0.4) is 0 Å². The van der Waals surface area contributed by atoms with Crippen molar-refractivity contribution in [3.63, 3.8) is 0 Å². The van der Waals surface area contributed by atoms with Gasteiger partial charge in [0.25, 0.3) is 5.91 Å². The summed E-state index contributed by atoms with van der Waals surface area (Å²) in [5.74, 6) is -0.632. The summed E-state index contributed by atoms with van der Waals surface area (Å²) in [4.78, 5) is 36.4. The number of carbonyl (C=O) groups excluding carboxylic acids is 2. The van der Waals surface area contributed by atoms with Crippen LogP contribution >= 0.6 is 0 Å². The van der Waals surface area contributed by atoms with Gasteiger partial charge in [-0.3, -0.25) is 14.4 Å². The van der Waals surface area contributed by atoms with E-state index in [9.17, 15) is 9.59 Å². The van der Waals surface area contributed by atoms with Crippen LogP contribution in [0.2, 0.25) is 0 Å². The number of fused-ring (bicyclic) bond motifs is 1. The van der Waals surface area contributed by atoms with E-state index in [-0.39, 0.29) is 11.8 Å². The number of benzene rings is 3. The molecule has 3 aromatic carbocycles. The zero-order valence-electron chi connectivity index (χ0n) is 18.7. The number of amides is 2. The Labute approximate surface area is 192 Å². The Kier molecular flexibility index (Phi) is 5.26. The van der Waals surface area contributed by atoms with Gasteiger partial charge in [0.15, 0.2) is 6.10 Å². The Balaban J connectivity index is 1.55. The predicted molar refractivity (Wildman–Crippen MR) is 126 cm³/mol. The summed E-state index contributed by atoms with van der Waals surface area (Å²) in [7, 11) is 5.53. The van der Waals surface area contributed by atoms with Crippen molar-refractivity contribution in [1.29, 1.82) is 0 Å². The number of nitrogens with zero attached hydrogens (tertiary/aromatic N) is 3. The fraction of sp³-hybridized carbons (Fsp3) is 0.231. The number of imide groups is 1. The number of ether oxygens (including phenoxy) is 1. The van der Waals surface area contributed by atoms with Crippen LogP contribution in [0.4, 0.5) is 17.1 Å². The molecule has 0 aliphatic carbocycles. The first-order chi connectivity index (χ1) is 16.0. The summed E-state index contributed by atoms with van der Waals surface area (Å²) >= 11 is 0. The van der Waals surface area contributed by atoms with Crippen LogP contribution < -0.4 is 19.6 Å². The van der Waals surface area contributed by atoms with Crippen molar-refractivity contribution in [3.8, 4) is 5.75 Å². The standard InChI is InChI=1S/C26H25N3O4/c1-27(2)18-11-9-17(10-12-18)23-22-24(33-29(23)20-7-5-4-6-8-20)26(31)28(25(22)30)19-13-15-21(32-3)16-14-19/h4-16,22-24H,1-3H3/t22-,23-,24-/m1/s1. The molecule has 3 aromatic rings. The zero-order valence-corrected chi connectivity index (χ0v) is 18.7. The van der Waals surface area contributed by atoms with Crippen molar-refractivity contribution in [2.45, 2.75) is 12.1 Å². The largest absolute Gasteiger partial charge is 0.497 e. The van der Waals surface area contributed by atoms with Gasteiger partial charge in [-0.25, -0.2) is 9.96 Å². The van der Waals surface area contributed by atoms with Gasteiger partial charge in [-0.05, 0) is 54.1 Å². The van der Waals surface area contributed by atoms with E-state index in [0.29, 0.717) is 11.4 Å². The molecular weight excluding hydrogens is 418 g/mol. The van der Waals surface area contributed by atoms with E-state index in [1.165, 1.54) is 4.90 Å². The van der Waals surface area contributed by atoms with Gasteiger partial charge in [0.2, 0.25) is 5.91 Å². The lowest BCUT2D eigenvalue weighted by Gasteiger charge is -2.29. The summed E-state index contributed by atoms with van der Waals surface area (Å²) in [6, 6.07) is 24.0. The second-order valence-corrected chi connectivity index (χ2v) is 8.35. The monoisotopic (exact) mass is 443 g/mol. The van der Waals surface area contributed by atoms with Gasteiger partial charge in [-0.1, -0.05) is 30.3 Å². The molecule has 168 valence electrons. The fourth-order valence-corrected chi connectivity index (χ4v) is 4.51. The molecule has 2 heterocycles. The third-order valence-electron chi connectivity index (χ3n) is 6.21. The van der Waals surface area contributed by atoms with Crippen LogP contribution in [0.5, 0.6) is 5.75 Å². The van der Waals surface area contributed by atoms with Crippen molar-refractivity contribution in [1.82, 2.24) is 0 Å². The molecular formula is C26H25N3O4. The van der Waals surface area contributed by atoms with Crippen molar-refractivity contribution in [3.05, 3.63) is 84.4 Å². The molecule has 0 bridgehead atoms. The Morgan fingerprint density at radius 1 is 0.818 bits per heavy atom. The third-order valence-corrected chi connectivity index (χ3v) is 6.21. The van der Waals surface area contributed by atoms with Crippen molar-refractivity contribution in [2.75, 3.05) is 36.1 Å². The van der Waals surface area contributed by atoms with E-state index in [1.807, 2.05) is 73.6 Å². The van der Waals surface area contributed by atoms with Gasteiger partial charge in [0, 0.05) is 19.8 Å². The lowest BCUT2D eigenvalue weighted by atomic mass is 9.90. The number of hydroxylamine groups is 1. The summed E-state index contributed by atoms with van der Waals surface area (Å²) in [6.45, 7) is 0. The van der Waals surface area contributed by atoms with Gasteiger partial charge < -0.3 is 9.64 Å². The average Bonchev–Trinajstić information content (AvgIpc) is 3.36. The Morgan fingerprint density at radius 3 is 2.09 bits per heavy atom. The quantitative estimate of drug-likeness (QED) is 0.559. The van der Waals surface area contributed by atoms with E-state index in [2.05, 4.69) is 0 Å². The molecule has 0 radical (unpaired) electrons. The molecule has 0 spiro atoms. The van der Waals surface area contributed by atoms with Crippen LogP contribution in [-0.2, 0) is 14.4 Å². The molecule has 2 fully saturated rings. The molecule has 7 nitrogen and oxygen atoms in total. The maximum Gasteiger partial charge on any atom is 0.266 e. The van der Waals surface area contributed by atoms with Gasteiger partial charge in [0.1, 0.15) is 11.7 Å². The van der Waals surface area contributed by atoms with Gasteiger partial charge >= 0.3 is 0 Å². The molecule has 7 heteroatoms. The normalized spacial score (nSPS) is 22.0. The van der Waals surface area contributed by atoms with E-state index in [0.717, 1.165) is 16.9 Å². The second-order valence-electron chi connectivity index (χ2n) is 8.35. The highest BCUT2D eigenvalue weighted by atomic mass is 16.7. The third kappa shape index (κ3) is 3.50. The molecule has 2 amide bonds. The number of rotatable bonds is 5. The lowest BCUT2D eigenvalue weighted by molar-refractivity contribution is -0.126. The average molecular weight is 444 g/mol. The number of hydrogen-bond acceptors (Lipinski definition) is 6. The summed E-state index contributed by atoms with van der Waals surface area (Å²) in [6.07, 6.45) is -0.890. The predicted octanol–water partition coefficient (Wildman–Crippen LogP) is 3.81. The van der Waals surface area contributed by atoms with Gasteiger partial charge in [-0.15, -0.1) is 0 Å². The highest BCUT2D eigenvalue weighted by molar-refractivity contribution is 6.23. The number of para-hydroxylation sites is 1. The smallest absolute Gasteiger partial charge is 0.266 e. The summed E-state index contributed by atoms with van der Waals surface area (Å²) in [5.41, 5.74) is 3.27. The first kappa shape index (κ1) is 21.0. The number of hydrogen-bond donors (Lipinski definition) is 0. The van der Waals surface area contributed by atoms with Crippen LogP contribution in [0, 0.1) is 5.92 Å². The number of carbonyl (C=O) groups is 2. The van der Waals surface area contributed by atoms with Crippen LogP contribution in [0.15, 0.2) is 78.9 Å². The SMILES string of the molecule is COc1ccc(N2C(=O)[C@@H]3[C@@H](c4ccc(N(C)C)cc4)N(c4ccccc4)O[C@H]3C2=O)cc1. The van der Waals surface area contributed by atoms with Crippen LogP contribution in [0.1, 0.15) is 11.6 Å². The first-order valence-electron chi connectivity index (χ1n) is 10.8. The Morgan fingerprint density at radius 2 is 1.48 bits per heavy atom. The minimum absolute atomic E-state index is 0.268. The minimum Gasteiger partial charge on any atom is -0.497 e. The van der Waals surface area contributed by atoms with Gasteiger partial charge in [-0.2, -0.15) is 0 Å². The molecule has 2 saturated heterocycles. The summed E-state index contributed by atoms with van der Waals surface area (Å²) < 4.78 is 5.20.